The van der Waals surface area contributed by atoms with E-state index in [4.69, 9.17) is 0 Å². The first-order valence-electron chi connectivity index (χ1n) is 7.98. The summed E-state index contributed by atoms with van der Waals surface area (Å²) in [6.07, 6.45) is -3.25. The number of nitro groups is 1. The Morgan fingerprint density at radius 3 is 2.43 bits per heavy atom. The van der Waals surface area contributed by atoms with Crippen LogP contribution in [0.25, 0.3) is 0 Å². The van der Waals surface area contributed by atoms with E-state index in [1.54, 1.807) is 11.6 Å². The molecule has 0 spiro atoms. The Hall–Kier alpha value is -2.63. The van der Waals surface area contributed by atoms with Gasteiger partial charge in [-0.1, -0.05) is 20.8 Å². The number of halogens is 3. The summed E-state index contributed by atoms with van der Waals surface area (Å²) >= 11 is 0.955. The smallest absolute Gasteiger partial charge is 0.340 e. The van der Waals surface area contributed by atoms with Crippen molar-refractivity contribution >= 4 is 23.4 Å². The molecule has 0 saturated carbocycles. The molecule has 8 nitrogen and oxygen atoms in total. The summed E-state index contributed by atoms with van der Waals surface area (Å²) in [5.41, 5.74) is -1.95. The van der Waals surface area contributed by atoms with Gasteiger partial charge in [0.25, 0.3) is 11.6 Å². The molecule has 1 aromatic heterocycles. The van der Waals surface area contributed by atoms with Crippen molar-refractivity contribution in [2.75, 3.05) is 0 Å². The van der Waals surface area contributed by atoms with Crippen LogP contribution in [0.2, 0.25) is 0 Å². The second kappa shape index (κ2) is 7.78. The maximum atomic E-state index is 13.3. The van der Waals surface area contributed by atoms with Gasteiger partial charge in [-0.2, -0.15) is 13.2 Å². The Bertz CT molecular complexity index is 878. The van der Waals surface area contributed by atoms with Crippen molar-refractivity contribution in [3.63, 3.8) is 0 Å². The Morgan fingerprint density at radius 2 is 1.96 bits per heavy atom. The number of amides is 1. The molecular weight excluding hydrogens is 399 g/mol. The fourth-order valence-corrected chi connectivity index (χ4v) is 3.20. The zero-order valence-corrected chi connectivity index (χ0v) is 16.3. The third-order valence-corrected chi connectivity index (χ3v) is 4.88. The zero-order valence-electron chi connectivity index (χ0n) is 15.4. The number of benzene rings is 1. The molecule has 0 radical (unpaired) electrons. The standard InChI is InChI=1S/C16H18F3N5O3S/c1-15(2,3)13(16(17,18)19)21-12(25)9-5-6-11(10(7-9)24(26)27)28-14-22-20-8-23(14)4/h5-8,13H,1-4H3,(H,21,25)/t13-/m1/s1. The van der Waals surface area contributed by atoms with Gasteiger partial charge in [-0.05, 0) is 29.3 Å². The first-order chi connectivity index (χ1) is 12.8. The summed E-state index contributed by atoms with van der Waals surface area (Å²) in [4.78, 5) is 23.2. The second-order valence-corrected chi connectivity index (χ2v) is 8.09. The van der Waals surface area contributed by atoms with Gasteiger partial charge in [0, 0.05) is 18.7 Å². The zero-order chi connectivity index (χ0) is 21.3. The third kappa shape index (κ3) is 5.00. The predicted molar refractivity (Wildman–Crippen MR) is 95.0 cm³/mol. The molecule has 0 aliphatic heterocycles. The van der Waals surface area contributed by atoms with Crippen LogP contribution in [0.1, 0.15) is 31.1 Å². The highest BCUT2D eigenvalue weighted by Crippen LogP contribution is 2.35. The van der Waals surface area contributed by atoms with Crippen LogP contribution in [-0.2, 0) is 7.05 Å². The van der Waals surface area contributed by atoms with Gasteiger partial charge in [-0.3, -0.25) is 14.9 Å². The Morgan fingerprint density at radius 1 is 1.32 bits per heavy atom. The highest BCUT2D eigenvalue weighted by molar-refractivity contribution is 7.99. The topological polar surface area (TPSA) is 103 Å². The van der Waals surface area contributed by atoms with Gasteiger partial charge < -0.3 is 9.88 Å². The highest BCUT2D eigenvalue weighted by Gasteiger charge is 2.47. The lowest BCUT2D eigenvalue weighted by Gasteiger charge is -2.33. The highest BCUT2D eigenvalue weighted by atomic mass is 32.2. The number of aryl methyl sites for hydroxylation is 1. The molecule has 12 heteroatoms. The molecule has 2 aromatic rings. The van der Waals surface area contributed by atoms with Crippen LogP contribution in [0.15, 0.2) is 34.6 Å². The molecule has 152 valence electrons. The van der Waals surface area contributed by atoms with E-state index in [2.05, 4.69) is 10.2 Å². The fourth-order valence-electron chi connectivity index (χ4n) is 2.35. The van der Waals surface area contributed by atoms with Crippen molar-refractivity contribution in [3.8, 4) is 0 Å². The molecule has 1 atom stereocenters. The van der Waals surface area contributed by atoms with Crippen molar-refractivity contribution in [2.24, 2.45) is 12.5 Å². The van der Waals surface area contributed by atoms with E-state index in [9.17, 15) is 28.1 Å². The lowest BCUT2D eigenvalue weighted by atomic mass is 9.86. The van der Waals surface area contributed by atoms with E-state index in [0.717, 1.165) is 17.8 Å². The maximum absolute atomic E-state index is 13.3. The quantitative estimate of drug-likeness (QED) is 0.589. The lowest BCUT2D eigenvalue weighted by Crippen LogP contribution is -2.53. The van der Waals surface area contributed by atoms with E-state index in [1.165, 1.54) is 39.2 Å². The van der Waals surface area contributed by atoms with Crippen LogP contribution in [0, 0.1) is 15.5 Å². The van der Waals surface area contributed by atoms with Gasteiger partial charge in [-0.15, -0.1) is 10.2 Å². The number of carbonyl (C=O) groups excluding carboxylic acids is 1. The monoisotopic (exact) mass is 417 g/mol. The number of rotatable bonds is 5. The van der Waals surface area contributed by atoms with Crippen LogP contribution in [0.4, 0.5) is 18.9 Å². The molecule has 0 bridgehead atoms. The van der Waals surface area contributed by atoms with E-state index in [-0.39, 0.29) is 10.5 Å². The molecule has 0 aliphatic rings. The molecule has 0 fully saturated rings. The number of alkyl halides is 3. The number of nitrogens with zero attached hydrogens (tertiary/aromatic N) is 4. The van der Waals surface area contributed by atoms with Gasteiger partial charge in [0.1, 0.15) is 12.4 Å². The Kier molecular flexibility index (Phi) is 6.02. The predicted octanol–water partition coefficient (Wildman–Crippen LogP) is 3.58. The molecule has 0 unspecified atom stereocenters. The summed E-state index contributed by atoms with van der Waals surface area (Å²) in [6.45, 7) is 4.03. The van der Waals surface area contributed by atoms with Gasteiger partial charge in [0.15, 0.2) is 5.16 Å². The van der Waals surface area contributed by atoms with Crippen LogP contribution < -0.4 is 5.32 Å². The average Bonchev–Trinajstić information content (AvgIpc) is 2.95. The number of nitrogens with one attached hydrogen (secondary N) is 1. The second-order valence-electron chi connectivity index (χ2n) is 7.08. The summed E-state index contributed by atoms with van der Waals surface area (Å²) < 4.78 is 41.4. The van der Waals surface area contributed by atoms with Crippen LogP contribution >= 0.6 is 11.8 Å². The summed E-state index contributed by atoms with van der Waals surface area (Å²) in [6, 6.07) is 1.37. The van der Waals surface area contributed by atoms with Crippen molar-refractivity contribution in [2.45, 2.75) is 43.0 Å². The summed E-state index contributed by atoms with van der Waals surface area (Å²) in [7, 11) is 1.65. The van der Waals surface area contributed by atoms with Crippen molar-refractivity contribution in [3.05, 3.63) is 40.2 Å². The molecule has 1 heterocycles. The minimum absolute atomic E-state index is 0.181. The Balaban J connectivity index is 2.33. The van der Waals surface area contributed by atoms with Gasteiger partial charge in [0.2, 0.25) is 0 Å². The number of hydrogen-bond donors (Lipinski definition) is 1. The lowest BCUT2D eigenvalue weighted by molar-refractivity contribution is -0.387. The number of aromatic nitrogens is 3. The molecule has 1 aromatic carbocycles. The van der Waals surface area contributed by atoms with E-state index in [0.29, 0.717) is 5.16 Å². The van der Waals surface area contributed by atoms with Crippen molar-refractivity contribution < 1.29 is 22.9 Å². The summed E-state index contributed by atoms with van der Waals surface area (Å²) in [5, 5.41) is 21.2. The number of carbonyl (C=O) groups is 1. The van der Waals surface area contributed by atoms with E-state index in [1.807, 2.05) is 5.32 Å². The normalized spacial score (nSPS) is 13.2. The first kappa shape index (κ1) is 21.7. The average molecular weight is 417 g/mol. The first-order valence-corrected chi connectivity index (χ1v) is 8.80. The SMILES string of the molecule is Cn1cnnc1Sc1ccc(C(=O)N[C@H](C(C)(C)C)C(F)(F)F)cc1[N+](=O)[O-]. The van der Waals surface area contributed by atoms with Gasteiger partial charge in [-0.25, -0.2) is 0 Å². The van der Waals surface area contributed by atoms with E-state index < -0.39 is 34.2 Å². The largest absolute Gasteiger partial charge is 0.409 e. The van der Waals surface area contributed by atoms with Crippen molar-refractivity contribution in [1.82, 2.24) is 20.1 Å². The molecule has 0 aliphatic carbocycles. The third-order valence-electron chi connectivity index (χ3n) is 3.76. The van der Waals surface area contributed by atoms with Gasteiger partial charge in [0.05, 0.1) is 9.82 Å². The molecular formula is C16H18F3N5O3S. The van der Waals surface area contributed by atoms with Crippen molar-refractivity contribution in [1.29, 1.82) is 0 Å². The van der Waals surface area contributed by atoms with Gasteiger partial charge >= 0.3 is 6.18 Å². The Labute approximate surface area is 162 Å². The number of nitro benzene ring substituents is 1. The minimum atomic E-state index is -4.67. The van der Waals surface area contributed by atoms with Crippen LogP contribution in [0.3, 0.4) is 0 Å². The van der Waals surface area contributed by atoms with Crippen LogP contribution in [-0.4, -0.2) is 37.8 Å². The van der Waals surface area contributed by atoms with Crippen LogP contribution in [0.5, 0.6) is 0 Å². The minimum Gasteiger partial charge on any atom is -0.340 e. The maximum Gasteiger partial charge on any atom is 0.409 e. The van der Waals surface area contributed by atoms with E-state index >= 15 is 0 Å². The fraction of sp³-hybridized carbons (Fsp3) is 0.438. The number of hydrogen-bond acceptors (Lipinski definition) is 6. The molecule has 1 N–H and O–H groups in total. The molecule has 0 saturated heterocycles. The molecule has 1 amide bonds. The molecule has 2 rings (SSSR count). The summed E-state index contributed by atoms with van der Waals surface area (Å²) in [5.74, 6) is -1.05. The molecule has 28 heavy (non-hydrogen) atoms.